The standard InChI is InChI=1S/C7H5NO6/c9-2-1-3(10)8-5(7(13)14)4(2)6(11)12/h1H,(H,11,12)(H,13,14)(H2,8,9,10). The summed E-state index contributed by atoms with van der Waals surface area (Å²) in [5.74, 6) is -4.13. The molecule has 1 rings (SSSR count). The predicted molar refractivity (Wildman–Crippen MR) is 42.6 cm³/mol. The highest BCUT2D eigenvalue weighted by Crippen LogP contribution is 2.16. The first kappa shape index (κ1) is 9.78. The number of nitrogens with one attached hydrogen (secondary N) is 1. The number of carboxylic acid groups (broad SMARTS) is 2. The quantitative estimate of drug-likeness (QED) is 0.507. The number of hydrogen-bond donors (Lipinski definition) is 4. The number of hydrogen-bond acceptors (Lipinski definition) is 4. The number of rotatable bonds is 2. The normalized spacial score (nSPS) is 9.71. The molecule has 7 nitrogen and oxygen atoms in total. The summed E-state index contributed by atoms with van der Waals surface area (Å²) in [6.45, 7) is 0. The molecule has 0 saturated carbocycles. The van der Waals surface area contributed by atoms with E-state index in [1.807, 2.05) is 0 Å². The van der Waals surface area contributed by atoms with E-state index in [4.69, 9.17) is 15.3 Å². The van der Waals surface area contributed by atoms with E-state index < -0.39 is 34.5 Å². The minimum atomic E-state index is -1.63. The number of aromatic amines is 1. The number of H-pyrrole nitrogens is 1. The molecule has 0 aliphatic heterocycles. The van der Waals surface area contributed by atoms with Gasteiger partial charge in [0.1, 0.15) is 17.0 Å². The van der Waals surface area contributed by atoms with Gasteiger partial charge in [0.15, 0.2) is 0 Å². The van der Waals surface area contributed by atoms with Crippen molar-refractivity contribution in [2.75, 3.05) is 0 Å². The van der Waals surface area contributed by atoms with Crippen LogP contribution in [-0.4, -0.2) is 32.2 Å². The molecule has 0 radical (unpaired) electrons. The van der Waals surface area contributed by atoms with E-state index in [0.717, 1.165) is 0 Å². The Hall–Kier alpha value is -2.31. The van der Waals surface area contributed by atoms with Crippen molar-refractivity contribution in [3.63, 3.8) is 0 Å². The van der Waals surface area contributed by atoms with Crippen LogP contribution in [0.1, 0.15) is 20.8 Å². The lowest BCUT2D eigenvalue weighted by Crippen LogP contribution is -2.17. The number of aromatic hydroxyl groups is 1. The molecule has 0 amide bonds. The lowest BCUT2D eigenvalue weighted by Gasteiger charge is -2.02. The molecule has 0 saturated heterocycles. The van der Waals surface area contributed by atoms with Crippen LogP contribution in [0.4, 0.5) is 0 Å². The summed E-state index contributed by atoms with van der Waals surface area (Å²) in [7, 11) is 0. The Morgan fingerprint density at radius 1 is 1.21 bits per heavy atom. The molecule has 4 N–H and O–H groups in total. The largest absolute Gasteiger partial charge is 0.507 e. The van der Waals surface area contributed by atoms with Gasteiger partial charge in [-0.15, -0.1) is 0 Å². The highest BCUT2D eigenvalue weighted by Gasteiger charge is 2.21. The molecule has 0 aliphatic rings. The first-order valence-electron chi connectivity index (χ1n) is 3.36. The van der Waals surface area contributed by atoms with Crippen molar-refractivity contribution >= 4 is 11.9 Å². The van der Waals surface area contributed by atoms with E-state index in [0.29, 0.717) is 6.07 Å². The molecular formula is C7H5NO6. The zero-order chi connectivity index (χ0) is 10.9. The Bertz CT molecular complexity index is 460. The molecule has 0 fully saturated rings. The topological polar surface area (TPSA) is 128 Å². The second-order valence-corrected chi connectivity index (χ2v) is 2.38. The number of aromatic nitrogens is 1. The average Bonchev–Trinajstić information content (AvgIpc) is 2.01. The van der Waals surface area contributed by atoms with Gasteiger partial charge in [0.25, 0.3) is 5.56 Å². The highest BCUT2D eigenvalue weighted by atomic mass is 16.4. The Balaban J connectivity index is 3.61. The fourth-order valence-electron chi connectivity index (χ4n) is 0.923. The van der Waals surface area contributed by atoms with Gasteiger partial charge in [-0.05, 0) is 0 Å². The molecule has 74 valence electrons. The minimum Gasteiger partial charge on any atom is -0.507 e. The van der Waals surface area contributed by atoms with Gasteiger partial charge in [-0.25, -0.2) is 9.59 Å². The first-order chi connectivity index (χ1) is 6.43. The maximum absolute atomic E-state index is 10.7. The third-order valence-electron chi connectivity index (χ3n) is 1.45. The van der Waals surface area contributed by atoms with E-state index in [9.17, 15) is 14.4 Å². The Labute approximate surface area is 76.2 Å². The fraction of sp³-hybridized carbons (Fsp3) is 0. The number of carbonyl (C=O) groups is 2. The van der Waals surface area contributed by atoms with E-state index in [2.05, 4.69) is 0 Å². The van der Waals surface area contributed by atoms with Gasteiger partial charge in [0, 0.05) is 6.07 Å². The third kappa shape index (κ3) is 1.56. The molecule has 0 unspecified atom stereocenters. The third-order valence-corrected chi connectivity index (χ3v) is 1.45. The van der Waals surface area contributed by atoms with Crippen molar-refractivity contribution in [3.8, 4) is 5.75 Å². The lowest BCUT2D eigenvalue weighted by atomic mass is 10.2. The summed E-state index contributed by atoms with van der Waals surface area (Å²) in [5.41, 5.74) is -2.57. The van der Waals surface area contributed by atoms with Gasteiger partial charge in [-0.1, -0.05) is 0 Å². The van der Waals surface area contributed by atoms with Crippen molar-refractivity contribution < 1.29 is 24.9 Å². The van der Waals surface area contributed by atoms with Crippen LogP contribution >= 0.6 is 0 Å². The van der Waals surface area contributed by atoms with Gasteiger partial charge >= 0.3 is 11.9 Å². The summed E-state index contributed by atoms with van der Waals surface area (Å²) >= 11 is 0. The van der Waals surface area contributed by atoms with Crippen molar-refractivity contribution in [1.29, 1.82) is 0 Å². The van der Waals surface area contributed by atoms with Gasteiger partial charge in [-0.2, -0.15) is 0 Å². The van der Waals surface area contributed by atoms with Gasteiger partial charge in [0.05, 0.1) is 0 Å². The lowest BCUT2D eigenvalue weighted by molar-refractivity contribution is 0.0643. The molecule has 0 atom stereocenters. The minimum absolute atomic E-state index is 0.593. The summed E-state index contributed by atoms with van der Waals surface area (Å²) in [5, 5.41) is 26.1. The highest BCUT2D eigenvalue weighted by molar-refractivity contribution is 6.02. The molecule has 1 heterocycles. The average molecular weight is 199 g/mol. The Morgan fingerprint density at radius 2 is 1.79 bits per heavy atom. The van der Waals surface area contributed by atoms with Crippen LogP contribution in [0.15, 0.2) is 10.9 Å². The summed E-state index contributed by atoms with van der Waals surface area (Å²) < 4.78 is 0. The smallest absolute Gasteiger partial charge is 0.353 e. The predicted octanol–water partition coefficient (Wildman–Crippen LogP) is -0.523. The molecular weight excluding hydrogens is 194 g/mol. The van der Waals surface area contributed by atoms with E-state index in [1.165, 1.54) is 0 Å². The van der Waals surface area contributed by atoms with Gasteiger partial charge in [-0.3, -0.25) is 4.79 Å². The first-order valence-corrected chi connectivity index (χ1v) is 3.36. The second kappa shape index (κ2) is 3.21. The van der Waals surface area contributed by atoms with Gasteiger partial charge < -0.3 is 20.3 Å². The zero-order valence-corrected chi connectivity index (χ0v) is 6.64. The van der Waals surface area contributed by atoms with E-state index in [-0.39, 0.29) is 0 Å². The molecule has 7 heteroatoms. The van der Waals surface area contributed by atoms with E-state index in [1.54, 1.807) is 4.98 Å². The Morgan fingerprint density at radius 3 is 2.21 bits per heavy atom. The van der Waals surface area contributed by atoms with Gasteiger partial charge in [0.2, 0.25) is 0 Å². The summed E-state index contributed by atoms with van der Waals surface area (Å²) in [4.78, 5) is 33.5. The van der Waals surface area contributed by atoms with Crippen LogP contribution in [0.25, 0.3) is 0 Å². The van der Waals surface area contributed by atoms with Crippen LogP contribution in [0, 0.1) is 0 Å². The second-order valence-electron chi connectivity index (χ2n) is 2.38. The number of carboxylic acids is 2. The summed E-state index contributed by atoms with van der Waals surface area (Å²) in [6, 6.07) is 0.593. The van der Waals surface area contributed by atoms with Crippen LogP contribution < -0.4 is 5.56 Å². The molecule has 0 aromatic carbocycles. The van der Waals surface area contributed by atoms with Crippen molar-refractivity contribution in [3.05, 3.63) is 27.7 Å². The number of pyridine rings is 1. The van der Waals surface area contributed by atoms with Crippen LogP contribution in [0.3, 0.4) is 0 Å². The molecule has 0 aliphatic carbocycles. The SMILES string of the molecule is O=C(O)c1[nH]c(=O)cc(O)c1C(=O)O. The molecule has 0 spiro atoms. The van der Waals surface area contributed by atoms with Crippen molar-refractivity contribution in [1.82, 2.24) is 4.98 Å². The van der Waals surface area contributed by atoms with Crippen LogP contribution in [0.5, 0.6) is 5.75 Å². The van der Waals surface area contributed by atoms with Crippen molar-refractivity contribution in [2.24, 2.45) is 0 Å². The molecule has 1 aromatic heterocycles. The number of aromatic carboxylic acids is 2. The van der Waals surface area contributed by atoms with Crippen molar-refractivity contribution in [2.45, 2.75) is 0 Å². The molecule has 1 aromatic rings. The maximum atomic E-state index is 10.7. The summed E-state index contributed by atoms with van der Waals surface area (Å²) in [6.07, 6.45) is 0. The monoisotopic (exact) mass is 199 g/mol. The van der Waals surface area contributed by atoms with E-state index >= 15 is 0 Å². The zero-order valence-electron chi connectivity index (χ0n) is 6.64. The Kier molecular flexibility index (Phi) is 2.24. The molecule has 14 heavy (non-hydrogen) atoms. The fourth-order valence-corrected chi connectivity index (χ4v) is 0.923. The maximum Gasteiger partial charge on any atom is 0.353 e. The van der Waals surface area contributed by atoms with Crippen LogP contribution in [-0.2, 0) is 0 Å². The van der Waals surface area contributed by atoms with Crippen LogP contribution in [0.2, 0.25) is 0 Å². The molecule has 0 bridgehead atoms.